The number of fused-ring (bicyclic) bond motifs is 3. The van der Waals surface area contributed by atoms with Gasteiger partial charge in [-0.15, -0.1) is 0 Å². The number of nitrogens with zero attached hydrogens (tertiary/aromatic N) is 1. The van der Waals surface area contributed by atoms with E-state index in [1.54, 1.807) is 20.8 Å². The first kappa shape index (κ1) is 31.8. The minimum Gasteiger partial charge on any atom is -0.467 e. The lowest BCUT2D eigenvalue weighted by molar-refractivity contribution is -0.143. The first-order chi connectivity index (χ1) is 22.6. The number of carbonyl (C=O) groups excluding carboxylic acids is 2. The number of amides is 1. The van der Waals surface area contributed by atoms with Crippen LogP contribution < -0.4 is 5.32 Å². The smallest absolute Gasteiger partial charge is 0.408 e. The zero-order valence-electron chi connectivity index (χ0n) is 27.6. The minimum atomic E-state index is -0.918. The molecule has 5 aromatic carbocycles. The third-order valence-electron chi connectivity index (χ3n) is 8.31. The molecule has 7 heteroatoms. The molecule has 0 radical (unpaired) electrons. The van der Waals surface area contributed by atoms with E-state index < -0.39 is 23.7 Å². The summed E-state index contributed by atoms with van der Waals surface area (Å²) in [4.78, 5) is 29.6. The Bertz CT molecular complexity index is 2010. The van der Waals surface area contributed by atoms with Gasteiger partial charge in [-0.3, -0.25) is 0 Å². The van der Waals surface area contributed by atoms with E-state index in [0.717, 1.165) is 36.0 Å². The summed E-state index contributed by atoms with van der Waals surface area (Å²) in [5, 5.41) is 7.75. The van der Waals surface area contributed by atoms with Crippen molar-refractivity contribution in [3.05, 3.63) is 102 Å². The van der Waals surface area contributed by atoms with Gasteiger partial charge in [0.25, 0.3) is 0 Å². The summed E-state index contributed by atoms with van der Waals surface area (Å²) in [6.07, 6.45) is 2.89. The second-order valence-corrected chi connectivity index (χ2v) is 12.9. The molecule has 1 aromatic heterocycles. The summed E-state index contributed by atoms with van der Waals surface area (Å²) in [5.74, 6) is -0.0576. The Labute approximate surface area is 274 Å². The number of methoxy groups -OCH3 is 1. The zero-order valence-corrected chi connectivity index (χ0v) is 27.6. The maximum absolute atomic E-state index is 12.5. The second-order valence-electron chi connectivity index (χ2n) is 12.9. The molecule has 0 aliphatic carbocycles. The van der Waals surface area contributed by atoms with E-state index >= 15 is 0 Å². The molecule has 0 saturated carbocycles. The Morgan fingerprint density at radius 1 is 0.851 bits per heavy atom. The highest BCUT2D eigenvalue weighted by Gasteiger charge is 2.26. The lowest BCUT2D eigenvalue weighted by atomic mass is 9.86. The average Bonchev–Trinajstić information content (AvgIpc) is 3.49. The Morgan fingerprint density at radius 3 is 2.06 bits per heavy atom. The maximum atomic E-state index is 12.5. The second kappa shape index (κ2) is 13.3. The molecule has 1 heterocycles. The van der Waals surface area contributed by atoms with Crippen molar-refractivity contribution in [3.63, 3.8) is 0 Å². The number of esters is 1. The van der Waals surface area contributed by atoms with Gasteiger partial charge in [0.05, 0.1) is 7.11 Å². The molecule has 0 bridgehead atoms. The summed E-state index contributed by atoms with van der Waals surface area (Å²) < 4.78 is 16.4. The quantitative estimate of drug-likeness (QED) is 0.127. The highest BCUT2D eigenvalue weighted by Crippen LogP contribution is 2.40. The van der Waals surface area contributed by atoms with Gasteiger partial charge in [-0.05, 0) is 102 Å². The van der Waals surface area contributed by atoms with E-state index in [1.165, 1.54) is 39.8 Å². The molecule has 240 valence electrons. The number of benzene rings is 5. The van der Waals surface area contributed by atoms with Gasteiger partial charge in [-0.2, -0.15) is 0 Å². The summed E-state index contributed by atoms with van der Waals surface area (Å²) >= 11 is 0. The molecule has 7 nitrogen and oxygen atoms in total. The predicted octanol–water partition coefficient (Wildman–Crippen LogP) is 9.42. The number of hydrogen-bond acceptors (Lipinski definition) is 6. The van der Waals surface area contributed by atoms with Crippen LogP contribution >= 0.6 is 0 Å². The SMILES string of the molecule is CCCCc1c2ccccc2c(-c2ccc(-c3nc4cc(C[C@H](NC(=O)OC(C)(C)C)C(=O)OC)ccc4o3)cc2)c2ccccc12. The number of alkyl carbamates (subject to hydrolysis) is 1. The van der Waals surface area contributed by atoms with Gasteiger partial charge < -0.3 is 19.2 Å². The summed E-state index contributed by atoms with van der Waals surface area (Å²) in [5.41, 5.74) is 6.02. The van der Waals surface area contributed by atoms with Crippen LogP contribution in [0.1, 0.15) is 51.7 Å². The van der Waals surface area contributed by atoms with Crippen LogP contribution in [0.5, 0.6) is 0 Å². The van der Waals surface area contributed by atoms with E-state index in [4.69, 9.17) is 18.9 Å². The van der Waals surface area contributed by atoms with Gasteiger partial charge in [0.15, 0.2) is 5.58 Å². The number of ether oxygens (including phenoxy) is 2. The molecule has 47 heavy (non-hydrogen) atoms. The van der Waals surface area contributed by atoms with Gasteiger partial charge in [0, 0.05) is 12.0 Å². The average molecular weight is 629 g/mol. The van der Waals surface area contributed by atoms with E-state index in [1.807, 2.05) is 30.3 Å². The van der Waals surface area contributed by atoms with Crippen molar-refractivity contribution in [1.29, 1.82) is 0 Å². The Kier molecular flexibility index (Phi) is 8.99. The van der Waals surface area contributed by atoms with Crippen molar-refractivity contribution in [3.8, 4) is 22.6 Å². The molecule has 0 unspecified atom stereocenters. The van der Waals surface area contributed by atoms with Crippen LogP contribution in [0.4, 0.5) is 4.79 Å². The number of oxazole rings is 1. The van der Waals surface area contributed by atoms with Gasteiger partial charge in [-0.1, -0.05) is 80.1 Å². The third-order valence-corrected chi connectivity index (χ3v) is 8.31. The molecule has 0 spiro atoms. The molecule has 6 aromatic rings. The van der Waals surface area contributed by atoms with Gasteiger partial charge >= 0.3 is 12.1 Å². The number of nitrogens with one attached hydrogen (secondary N) is 1. The first-order valence-corrected chi connectivity index (χ1v) is 16.1. The van der Waals surface area contributed by atoms with Gasteiger partial charge in [-0.25, -0.2) is 14.6 Å². The normalized spacial score (nSPS) is 12.4. The van der Waals surface area contributed by atoms with Crippen molar-refractivity contribution in [2.75, 3.05) is 7.11 Å². The molecule has 0 aliphatic rings. The van der Waals surface area contributed by atoms with Gasteiger partial charge in [0.1, 0.15) is 17.2 Å². The van der Waals surface area contributed by atoms with Gasteiger partial charge in [0.2, 0.25) is 5.89 Å². The molecule has 0 aliphatic heterocycles. The Morgan fingerprint density at radius 2 is 1.47 bits per heavy atom. The van der Waals surface area contributed by atoms with Crippen molar-refractivity contribution in [2.24, 2.45) is 0 Å². The van der Waals surface area contributed by atoms with Crippen LogP contribution in [0.3, 0.4) is 0 Å². The molecular formula is C40H40N2O5. The van der Waals surface area contributed by atoms with Crippen molar-refractivity contribution < 1.29 is 23.5 Å². The number of hydrogen-bond donors (Lipinski definition) is 1. The summed E-state index contributed by atoms with van der Waals surface area (Å²) in [7, 11) is 1.29. The number of unbranched alkanes of at least 4 members (excludes halogenated alkanes) is 1. The highest BCUT2D eigenvalue weighted by atomic mass is 16.6. The van der Waals surface area contributed by atoms with E-state index in [0.29, 0.717) is 17.0 Å². The molecule has 1 N–H and O–H groups in total. The van der Waals surface area contributed by atoms with Crippen LogP contribution in [-0.4, -0.2) is 35.8 Å². The van der Waals surface area contributed by atoms with Crippen LogP contribution in [0.2, 0.25) is 0 Å². The molecule has 1 atom stereocenters. The number of aromatic nitrogens is 1. The standard InChI is InChI=1S/C40H40N2O5/c1-6-7-12-28-29-13-8-10-15-31(29)36(32-16-11-9-14-30(28)32)26-18-20-27(21-19-26)37-41-33-23-25(17-22-35(33)46-37)24-34(38(43)45-5)42-39(44)47-40(2,3)4/h8-11,13-23,34H,6-7,12,24H2,1-5H3,(H,42,44)/t34-/m0/s1. The fraction of sp³-hybridized carbons (Fsp3) is 0.275. The predicted molar refractivity (Wildman–Crippen MR) is 187 cm³/mol. The molecular weight excluding hydrogens is 588 g/mol. The van der Waals surface area contributed by atoms with Crippen molar-refractivity contribution in [1.82, 2.24) is 10.3 Å². The zero-order chi connectivity index (χ0) is 33.1. The van der Waals surface area contributed by atoms with E-state index in [2.05, 4.69) is 72.9 Å². The lowest BCUT2D eigenvalue weighted by Crippen LogP contribution is -2.45. The van der Waals surface area contributed by atoms with Crippen LogP contribution in [0.25, 0.3) is 55.2 Å². The lowest BCUT2D eigenvalue weighted by Gasteiger charge is -2.22. The number of aryl methyl sites for hydroxylation is 1. The summed E-state index contributed by atoms with van der Waals surface area (Å²) in [6, 6.07) is 30.5. The molecule has 1 amide bonds. The largest absolute Gasteiger partial charge is 0.467 e. The Hall–Kier alpha value is -5.17. The minimum absolute atomic E-state index is 0.206. The fourth-order valence-electron chi connectivity index (χ4n) is 6.18. The summed E-state index contributed by atoms with van der Waals surface area (Å²) in [6.45, 7) is 7.53. The number of rotatable bonds is 9. The molecule has 0 saturated heterocycles. The Balaban J connectivity index is 1.30. The van der Waals surface area contributed by atoms with E-state index in [9.17, 15) is 9.59 Å². The van der Waals surface area contributed by atoms with Crippen molar-refractivity contribution in [2.45, 2.75) is 65.0 Å². The first-order valence-electron chi connectivity index (χ1n) is 16.1. The highest BCUT2D eigenvalue weighted by molar-refractivity contribution is 6.15. The van der Waals surface area contributed by atoms with Crippen LogP contribution in [0.15, 0.2) is 95.4 Å². The van der Waals surface area contributed by atoms with Crippen LogP contribution in [0, 0.1) is 0 Å². The maximum Gasteiger partial charge on any atom is 0.408 e. The molecule has 0 fully saturated rings. The van der Waals surface area contributed by atoms with Crippen LogP contribution in [-0.2, 0) is 27.1 Å². The van der Waals surface area contributed by atoms with Crippen molar-refractivity contribution >= 4 is 44.7 Å². The third kappa shape index (κ3) is 6.85. The van der Waals surface area contributed by atoms with E-state index in [-0.39, 0.29) is 6.42 Å². The molecule has 6 rings (SSSR count). The monoisotopic (exact) mass is 628 g/mol. The fourth-order valence-corrected chi connectivity index (χ4v) is 6.18. The topological polar surface area (TPSA) is 90.7 Å². The number of carbonyl (C=O) groups is 2.